The van der Waals surface area contributed by atoms with Gasteiger partial charge in [-0.2, -0.15) is 0 Å². The fourth-order valence-electron chi connectivity index (χ4n) is 2.06. The zero-order valence-electron chi connectivity index (χ0n) is 9.79. The normalized spacial score (nSPS) is 33.9. The Hall–Kier alpha value is -1.26. The van der Waals surface area contributed by atoms with Crippen molar-refractivity contribution in [3.63, 3.8) is 0 Å². The number of hydrogen-bond acceptors (Lipinski definition) is 4. The average Bonchev–Trinajstić information content (AvgIpc) is 2.23. The van der Waals surface area contributed by atoms with Crippen LogP contribution in [0.15, 0.2) is 5.11 Å². The molecule has 0 aromatic heterocycles. The van der Waals surface area contributed by atoms with Crippen LogP contribution in [0.25, 0.3) is 10.4 Å². The molecule has 1 fully saturated rings. The lowest BCUT2D eigenvalue weighted by atomic mass is 9.89. The lowest BCUT2D eigenvalue weighted by Gasteiger charge is -2.38. The molecule has 0 unspecified atom stereocenters. The van der Waals surface area contributed by atoms with E-state index >= 15 is 0 Å². The van der Waals surface area contributed by atoms with Crippen LogP contribution in [0, 0.1) is 5.92 Å². The van der Waals surface area contributed by atoms with Gasteiger partial charge in [0.15, 0.2) is 0 Å². The van der Waals surface area contributed by atoms with Gasteiger partial charge < -0.3 is 9.47 Å². The molecule has 0 amide bonds. The summed E-state index contributed by atoms with van der Waals surface area (Å²) in [6, 6.07) is -0.424. The summed E-state index contributed by atoms with van der Waals surface area (Å²) in [5, 5.41) is 3.62. The number of ether oxygens (including phenoxy) is 2. The van der Waals surface area contributed by atoms with Gasteiger partial charge in [0.1, 0.15) is 6.10 Å². The van der Waals surface area contributed by atoms with Crippen LogP contribution in [0.5, 0.6) is 0 Å². The van der Waals surface area contributed by atoms with Crippen LogP contribution in [0.3, 0.4) is 0 Å². The number of azide groups is 1. The highest BCUT2D eigenvalue weighted by Crippen LogP contribution is 2.27. The second-order valence-corrected chi connectivity index (χ2v) is 3.99. The van der Waals surface area contributed by atoms with Crippen molar-refractivity contribution in [3.8, 4) is 0 Å². The van der Waals surface area contributed by atoms with E-state index in [2.05, 4.69) is 10.0 Å². The number of carbonyl (C=O) groups is 1. The Morgan fingerprint density at radius 2 is 2.38 bits per heavy atom. The van der Waals surface area contributed by atoms with E-state index < -0.39 is 6.04 Å². The molecule has 6 nitrogen and oxygen atoms in total. The van der Waals surface area contributed by atoms with E-state index in [4.69, 9.17) is 15.0 Å². The quantitative estimate of drug-likeness (QED) is 0.320. The molecule has 16 heavy (non-hydrogen) atoms. The Labute approximate surface area is 94.5 Å². The minimum absolute atomic E-state index is 0.0400. The van der Waals surface area contributed by atoms with Crippen molar-refractivity contribution >= 4 is 5.97 Å². The van der Waals surface area contributed by atoms with Gasteiger partial charge in [-0.1, -0.05) is 19.0 Å². The Morgan fingerprint density at radius 1 is 1.69 bits per heavy atom. The maximum atomic E-state index is 11.0. The second kappa shape index (κ2) is 5.72. The predicted molar refractivity (Wildman–Crippen MR) is 57.7 cm³/mol. The van der Waals surface area contributed by atoms with Crippen molar-refractivity contribution in [1.82, 2.24) is 0 Å². The summed E-state index contributed by atoms with van der Waals surface area (Å²) in [6.07, 6.45) is 0.517. The highest BCUT2D eigenvalue weighted by atomic mass is 16.6. The molecule has 1 heterocycles. The third kappa shape index (κ3) is 2.87. The largest absolute Gasteiger partial charge is 0.462 e. The van der Waals surface area contributed by atoms with Crippen LogP contribution in [-0.2, 0) is 14.3 Å². The minimum atomic E-state index is -0.424. The highest BCUT2D eigenvalue weighted by Gasteiger charge is 2.38. The molecule has 0 spiro atoms. The first-order chi connectivity index (χ1) is 7.60. The highest BCUT2D eigenvalue weighted by molar-refractivity contribution is 5.66. The standard InChI is InChI=1S/C10H17N3O3/c1-4-9-6(2)10(16-7(3)14)8(5-15-9)12-13-11/h6,8-10H,4-5H2,1-3H3/t6-,8-,9+,10-/m0/s1. The molecule has 4 atom stereocenters. The first-order valence-corrected chi connectivity index (χ1v) is 5.43. The van der Waals surface area contributed by atoms with Gasteiger partial charge in [0.2, 0.25) is 0 Å². The SMILES string of the molecule is CC[C@H]1OC[C@H](N=[N+]=[N-])[C@@H](OC(C)=O)[C@H]1C. The van der Waals surface area contributed by atoms with Gasteiger partial charge in [-0.25, -0.2) is 0 Å². The molecular weight excluding hydrogens is 210 g/mol. The summed E-state index contributed by atoms with van der Waals surface area (Å²) in [7, 11) is 0. The molecule has 1 aliphatic heterocycles. The van der Waals surface area contributed by atoms with Gasteiger partial charge in [0.25, 0.3) is 0 Å². The zero-order chi connectivity index (χ0) is 12.1. The fraction of sp³-hybridized carbons (Fsp3) is 0.900. The van der Waals surface area contributed by atoms with Gasteiger partial charge in [0.05, 0.1) is 18.8 Å². The molecule has 1 rings (SSSR count). The molecular formula is C10H17N3O3. The van der Waals surface area contributed by atoms with Gasteiger partial charge in [-0.15, -0.1) is 0 Å². The monoisotopic (exact) mass is 227 g/mol. The van der Waals surface area contributed by atoms with E-state index in [0.717, 1.165) is 6.42 Å². The van der Waals surface area contributed by atoms with Crippen molar-refractivity contribution in [2.45, 2.75) is 45.4 Å². The maximum Gasteiger partial charge on any atom is 0.302 e. The van der Waals surface area contributed by atoms with Crippen LogP contribution < -0.4 is 0 Å². The van der Waals surface area contributed by atoms with Crippen molar-refractivity contribution in [2.24, 2.45) is 11.0 Å². The van der Waals surface area contributed by atoms with E-state index in [1.165, 1.54) is 6.92 Å². The minimum Gasteiger partial charge on any atom is -0.462 e. The fourth-order valence-corrected chi connectivity index (χ4v) is 2.06. The second-order valence-electron chi connectivity index (χ2n) is 3.99. The van der Waals surface area contributed by atoms with Crippen molar-refractivity contribution in [1.29, 1.82) is 0 Å². The molecule has 0 saturated carbocycles. The van der Waals surface area contributed by atoms with E-state index in [1.54, 1.807) is 0 Å². The summed E-state index contributed by atoms with van der Waals surface area (Å²) >= 11 is 0. The molecule has 0 aliphatic carbocycles. The van der Waals surface area contributed by atoms with Gasteiger partial charge in [-0.3, -0.25) is 4.79 Å². The van der Waals surface area contributed by atoms with Crippen LogP contribution in [0.2, 0.25) is 0 Å². The molecule has 0 N–H and O–H groups in total. The molecule has 0 aromatic rings. The van der Waals surface area contributed by atoms with Crippen molar-refractivity contribution in [3.05, 3.63) is 10.4 Å². The van der Waals surface area contributed by atoms with Crippen LogP contribution in [0.1, 0.15) is 27.2 Å². The van der Waals surface area contributed by atoms with E-state index in [9.17, 15) is 4.79 Å². The number of carbonyl (C=O) groups excluding carboxylic acids is 1. The van der Waals surface area contributed by atoms with Gasteiger partial charge in [0, 0.05) is 17.8 Å². The van der Waals surface area contributed by atoms with Crippen LogP contribution in [0.4, 0.5) is 0 Å². The van der Waals surface area contributed by atoms with E-state index in [1.807, 2.05) is 13.8 Å². The first kappa shape index (κ1) is 12.8. The summed E-state index contributed by atoms with van der Waals surface area (Å²) in [5.74, 6) is -0.315. The van der Waals surface area contributed by atoms with Gasteiger partial charge in [-0.05, 0) is 12.0 Å². The summed E-state index contributed by atoms with van der Waals surface area (Å²) in [6.45, 7) is 5.63. The maximum absolute atomic E-state index is 11.0. The third-order valence-corrected chi connectivity index (χ3v) is 2.87. The molecule has 0 bridgehead atoms. The summed E-state index contributed by atoms with van der Waals surface area (Å²) in [5.41, 5.74) is 8.44. The van der Waals surface area contributed by atoms with Crippen molar-refractivity contribution < 1.29 is 14.3 Å². The summed E-state index contributed by atoms with van der Waals surface area (Å²) < 4.78 is 10.8. The van der Waals surface area contributed by atoms with E-state index in [0.29, 0.717) is 6.61 Å². The molecule has 90 valence electrons. The zero-order valence-corrected chi connectivity index (χ0v) is 9.79. The average molecular weight is 227 g/mol. The first-order valence-electron chi connectivity index (χ1n) is 5.43. The van der Waals surface area contributed by atoms with Crippen LogP contribution >= 0.6 is 0 Å². The Balaban J connectivity index is 2.80. The Bertz CT molecular complexity index is 302. The number of nitrogens with zero attached hydrogens (tertiary/aromatic N) is 3. The number of rotatable bonds is 3. The molecule has 0 radical (unpaired) electrons. The van der Waals surface area contributed by atoms with E-state index in [-0.39, 0.29) is 24.1 Å². The molecule has 1 aliphatic rings. The number of hydrogen-bond donors (Lipinski definition) is 0. The predicted octanol–water partition coefficient (Wildman–Crippen LogP) is 2.04. The lowest BCUT2D eigenvalue weighted by molar-refractivity contribution is -0.164. The Kier molecular flexibility index (Phi) is 4.58. The lowest BCUT2D eigenvalue weighted by Crippen LogP contribution is -2.48. The Morgan fingerprint density at radius 3 is 2.88 bits per heavy atom. The third-order valence-electron chi connectivity index (χ3n) is 2.87. The van der Waals surface area contributed by atoms with Crippen molar-refractivity contribution in [2.75, 3.05) is 6.61 Å². The number of esters is 1. The molecule has 0 aromatic carbocycles. The smallest absolute Gasteiger partial charge is 0.302 e. The molecule has 1 saturated heterocycles. The molecule has 6 heteroatoms. The van der Waals surface area contributed by atoms with Gasteiger partial charge >= 0.3 is 5.97 Å². The van der Waals surface area contributed by atoms with Crippen LogP contribution in [-0.4, -0.2) is 30.8 Å². The topological polar surface area (TPSA) is 84.3 Å². The summed E-state index contributed by atoms with van der Waals surface area (Å²) in [4.78, 5) is 13.8.